The molecule has 3 rings (SSSR count). The predicted molar refractivity (Wildman–Crippen MR) is 171 cm³/mol. The minimum absolute atomic E-state index is 0.243. The SMILES string of the molecule is C=CCOC[C@H]1SC(O)(c2cccc(C/C=C/c3ccc(CC)cc3)c2)[C@H](OCC=C)[C@@H](OCC=C)[C@@H]1OCC=C. The molecule has 2 aromatic rings. The summed E-state index contributed by atoms with van der Waals surface area (Å²) in [5, 5.41) is 12.2. The zero-order valence-electron chi connectivity index (χ0n) is 24.2. The normalized spacial score (nSPS) is 24.2. The van der Waals surface area contributed by atoms with Crippen molar-refractivity contribution in [2.24, 2.45) is 0 Å². The summed E-state index contributed by atoms with van der Waals surface area (Å²) in [6.45, 7) is 18.9. The van der Waals surface area contributed by atoms with E-state index in [1.807, 2.05) is 18.2 Å². The van der Waals surface area contributed by atoms with Crippen molar-refractivity contribution in [3.8, 4) is 0 Å². The molecule has 0 saturated carbocycles. The molecule has 0 aromatic heterocycles. The van der Waals surface area contributed by atoms with Gasteiger partial charge in [-0.2, -0.15) is 0 Å². The number of ether oxygens (including phenoxy) is 4. The molecule has 41 heavy (non-hydrogen) atoms. The van der Waals surface area contributed by atoms with Gasteiger partial charge in [0.15, 0.2) is 4.93 Å². The summed E-state index contributed by atoms with van der Waals surface area (Å²) in [5.41, 5.74) is 4.29. The molecule has 0 aliphatic carbocycles. The van der Waals surface area contributed by atoms with Gasteiger partial charge in [-0.15, -0.1) is 38.1 Å². The van der Waals surface area contributed by atoms with E-state index < -0.39 is 23.2 Å². The van der Waals surface area contributed by atoms with Gasteiger partial charge in [0.2, 0.25) is 0 Å². The van der Waals surface area contributed by atoms with Crippen LogP contribution in [0.25, 0.3) is 6.08 Å². The predicted octanol–water partition coefficient (Wildman–Crippen LogP) is 6.68. The largest absolute Gasteiger partial charge is 0.376 e. The molecule has 1 saturated heterocycles. The molecule has 1 aliphatic rings. The maximum Gasteiger partial charge on any atom is 0.165 e. The molecule has 5 atom stereocenters. The second-order valence-corrected chi connectivity index (χ2v) is 11.3. The zero-order chi connectivity index (χ0) is 29.5. The van der Waals surface area contributed by atoms with Gasteiger partial charge in [-0.25, -0.2) is 0 Å². The lowest BCUT2D eigenvalue weighted by atomic mass is 9.92. The molecule has 6 heteroatoms. The summed E-state index contributed by atoms with van der Waals surface area (Å²) in [6.07, 6.45) is 11.0. The van der Waals surface area contributed by atoms with Gasteiger partial charge in [0.05, 0.1) is 38.3 Å². The van der Waals surface area contributed by atoms with Crippen LogP contribution in [0.15, 0.2) is 105 Å². The second kappa shape index (κ2) is 17.3. The van der Waals surface area contributed by atoms with Crippen LogP contribution >= 0.6 is 11.8 Å². The summed E-state index contributed by atoms with van der Waals surface area (Å²) >= 11 is 1.38. The van der Waals surface area contributed by atoms with Crippen molar-refractivity contribution in [1.82, 2.24) is 0 Å². The van der Waals surface area contributed by atoms with E-state index in [9.17, 15) is 5.11 Å². The molecule has 0 bridgehead atoms. The quantitative estimate of drug-likeness (QED) is 0.158. The maximum absolute atomic E-state index is 12.5. The van der Waals surface area contributed by atoms with Crippen molar-refractivity contribution in [3.63, 3.8) is 0 Å². The van der Waals surface area contributed by atoms with Gasteiger partial charge < -0.3 is 24.1 Å². The van der Waals surface area contributed by atoms with Crippen LogP contribution in [0.2, 0.25) is 0 Å². The molecule has 0 amide bonds. The van der Waals surface area contributed by atoms with E-state index in [0.717, 1.165) is 29.5 Å². The number of aliphatic hydroxyl groups is 1. The average Bonchev–Trinajstić information content (AvgIpc) is 2.99. The summed E-state index contributed by atoms with van der Waals surface area (Å²) in [5.74, 6) is 0. The average molecular weight is 577 g/mol. The Bertz CT molecular complexity index is 1140. The minimum atomic E-state index is -1.44. The topological polar surface area (TPSA) is 57.2 Å². The molecule has 5 nitrogen and oxygen atoms in total. The lowest BCUT2D eigenvalue weighted by molar-refractivity contribution is -0.180. The Balaban J connectivity index is 1.95. The first-order chi connectivity index (χ1) is 20.0. The van der Waals surface area contributed by atoms with Gasteiger partial charge in [-0.3, -0.25) is 0 Å². The fraction of sp³-hybridized carbons (Fsp3) is 0.371. The highest BCUT2D eigenvalue weighted by Crippen LogP contribution is 2.50. The Morgan fingerprint density at radius 1 is 0.829 bits per heavy atom. The number of hydrogen-bond acceptors (Lipinski definition) is 6. The number of aryl methyl sites for hydroxylation is 1. The maximum atomic E-state index is 12.5. The molecule has 1 heterocycles. The van der Waals surface area contributed by atoms with Crippen molar-refractivity contribution in [2.75, 3.05) is 33.0 Å². The molecule has 2 aromatic carbocycles. The van der Waals surface area contributed by atoms with Crippen LogP contribution in [0.5, 0.6) is 0 Å². The van der Waals surface area contributed by atoms with Gasteiger partial charge in [0.25, 0.3) is 0 Å². The van der Waals surface area contributed by atoms with E-state index in [2.05, 4.69) is 75.7 Å². The van der Waals surface area contributed by atoms with Crippen molar-refractivity contribution in [2.45, 2.75) is 48.3 Å². The first-order valence-corrected chi connectivity index (χ1v) is 15.0. The van der Waals surface area contributed by atoms with Crippen molar-refractivity contribution in [3.05, 3.63) is 127 Å². The van der Waals surface area contributed by atoms with Crippen LogP contribution in [0.1, 0.15) is 29.2 Å². The highest BCUT2D eigenvalue weighted by atomic mass is 32.2. The lowest BCUT2D eigenvalue weighted by Gasteiger charge is -2.50. The first kappa shape index (κ1) is 32.8. The van der Waals surface area contributed by atoms with Gasteiger partial charge in [0, 0.05) is 0 Å². The third-order valence-electron chi connectivity index (χ3n) is 6.82. The van der Waals surface area contributed by atoms with Crippen molar-refractivity contribution < 1.29 is 24.1 Å². The smallest absolute Gasteiger partial charge is 0.165 e. The highest BCUT2D eigenvalue weighted by molar-refractivity contribution is 8.00. The van der Waals surface area contributed by atoms with Crippen LogP contribution in [0, 0.1) is 0 Å². The lowest BCUT2D eigenvalue weighted by Crippen LogP contribution is -2.61. The van der Waals surface area contributed by atoms with E-state index in [1.54, 1.807) is 24.3 Å². The number of benzene rings is 2. The van der Waals surface area contributed by atoms with Gasteiger partial charge in [-0.1, -0.05) is 91.9 Å². The molecule has 1 unspecified atom stereocenters. The fourth-order valence-corrected chi connectivity index (χ4v) is 6.43. The Hall–Kier alpha value is -2.71. The second-order valence-electron chi connectivity index (χ2n) is 9.80. The van der Waals surface area contributed by atoms with Gasteiger partial charge >= 0.3 is 0 Å². The molecule has 1 fully saturated rings. The van der Waals surface area contributed by atoms with Crippen LogP contribution in [0.3, 0.4) is 0 Å². The molecular formula is C35H44O5S. The van der Waals surface area contributed by atoms with E-state index >= 15 is 0 Å². The van der Waals surface area contributed by atoms with Gasteiger partial charge in [-0.05, 0) is 35.1 Å². The minimum Gasteiger partial charge on any atom is -0.376 e. The third kappa shape index (κ3) is 9.14. The molecular weight excluding hydrogens is 532 g/mol. The summed E-state index contributed by atoms with van der Waals surface area (Å²) in [4.78, 5) is -1.44. The van der Waals surface area contributed by atoms with Crippen LogP contribution in [-0.2, 0) is 36.7 Å². The standard InChI is InChI=1S/C35H44O5S/c1-6-21-37-26-31-32(38-22-7-2)33(39-23-8-3)34(40-24-9-4)35(36,41-31)30-16-12-15-29(25-30)14-11-13-28-19-17-27(10-5)18-20-28/h6-9,11-13,15-20,25,31-34,36H,1-4,10,14,21-24,26H2,5H3/b13-11+/t31-,32-,33+,34-,35?/m1/s1. The molecule has 1 N–H and O–H groups in total. The molecule has 220 valence electrons. The number of rotatable bonds is 18. The van der Waals surface area contributed by atoms with E-state index in [1.165, 1.54) is 17.3 Å². The van der Waals surface area contributed by atoms with Crippen LogP contribution in [0.4, 0.5) is 0 Å². The molecule has 0 radical (unpaired) electrons. The van der Waals surface area contributed by atoms with Crippen molar-refractivity contribution >= 4 is 17.8 Å². The summed E-state index contributed by atoms with van der Waals surface area (Å²) in [7, 11) is 0. The third-order valence-corrected chi connectivity index (χ3v) is 8.36. The van der Waals surface area contributed by atoms with Gasteiger partial charge in [0.1, 0.15) is 18.3 Å². The van der Waals surface area contributed by atoms with E-state index in [0.29, 0.717) is 19.8 Å². The first-order valence-electron chi connectivity index (χ1n) is 14.1. The Morgan fingerprint density at radius 3 is 2.15 bits per heavy atom. The van der Waals surface area contributed by atoms with Crippen LogP contribution in [-0.4, -0.2) is 61.7 Å². The fourth-order valence-electron chi connectivity index (χ4n) is 4.84. The zero-order valence-corrected chi connectivity index (χ0v) is 25.0. The Kier molecular flexibility index (Phi) is 13.8. The molecule has 0 spiro atoms. The molecule has 1 aliphatic heterocycles. The number of thioether (sulfide) groups is 1. The number of allylic oxidation sites excluding steroid dienone is 1. The van der Waals surface area contributed by atoms with E-state index in [-0.39, 0.29) is 18.5 Å². The summed E-state index contributed by atoms with van der Waals surface area (Å²) < 4.78 is 24.6. The van der Waals surface area contributed by atoms with Crippen molar-refractivity contribution in [1.29, 1.82) is 0 Å². The number of hydrogen-bond donors (Lipinski definition) is 1. The van der Waals surface area contributed by atoms with Crippen LogP contribution < -0.4 is 0 Å². The highest BCUT2D eigenvalue weighted by Gasteiger charge is 2.56. The monoisotopic (exact) mass is 576 g/mol. The Morgan fingerprint density at radius 2 is 1.49 bits per heavy atom. The Labute approximate surface area is 250 Å². The van der Waals surface area contributed by atoms with E-state index in [4.69, 9.17) is 18.9 Å². The summed E-state index contributed by atoms with van der Waals surface area (Å²) in [6, 6.07) is 16.6.